The smallest absolute Gasteiger partial charge is 0.340 e. The molecule has 0 saturated heterocycles. The van der Waals surface area contributed by atoms with Gasteiger partial charge in [0, 0.05) is 93.6 Å². The summed E-state index contributed by atoms with van der Waals surface area (Å²) in [6, 6.07) is 39.2. The quantitative estimate of drug-likeness (QED) is 0.115. The zero-order valence-electron chi connectivity index (χ0n) is 29.7. The lowest BCUT2D eigenvalue weighted by atomic mass is 9.77. The van der Waals surface area contributed by atoms with Crippen LogP contribution in [0.15, 0.2) is 121 Å². The van der Waals surface area contributed by atoms with Crippen LogP contribution in [0.1, 0.15) is 38.2 Å². The van der Waals surface area contributed by atoms with Gasteiger partial charge in [-0.25, -0.2) is 14.4 Å². The largest absolute Gasteiger partial charge is 0.456 e. The summed E-state index contributed by atoms with van der Waals surface area (Å²) in [4.78, 5) is 42.0. The minimum Gasteiger partial charge on any atom is -0.456 e. The van der Waals surface area contributed by atoms with Gasteiger partial charge in [-0.15, -0.1) is 0 Å². The van der Waals surface area contributed by atoms with Crippen molar-refractivity contribution >= 4 is 29.4 Å². The number of amides is 4. The number of fused-ring (bicyclic) bond motifs is 6. The monoisotopic (exact) mass is 710 g/mol. The number of hydrogen-bond donors (Lipinski definition) is 4. The fraction of sp³-hybridized carbons (Fsp3) is 0.214. The SMILES string of the molecule is CNC(=O)NCCN(Cc1ccccc1)c1ccc2c(c1)Oc1cc(N(CCNC(=O)NC)Cc3ccccc3)ccc1C21OC(=O)c2ccccc21. The second-order valence-corrected chi connectivity index (χ2v) is 12.9. The molecule has 0 unspecified atom stereocenters. The van der Waals surface area contributed by atoms with Crippen molar-refractivity contribution in [2.24, 2.45) is 0 Å². The molecule has 53 heavy (non-hydrogen) atoms. The second-order valence-electron chi connectivity index (χ2n) is 12.9. The molecule has 0 bridgehead atoms. The average molecular weight is 711 g/mol. The highest BCUT2D eigenvalue weighted by Gasteiger charge is 2.53. The van der Waals surface area contributed by atoms with Crippen LogP contribution in [0.4, 0.5) is 21.0 Å². The van der Waals surface area contributed by atoms with E-state index >= 15 is 0 Å². The molecule has 0 aromatic heterocycles. The minimum atomic E-state index is -1.23. The Morgan fingerprint density at radius 3 is 1.57 bits per heavy atom. The van der Waals surface area contributed by atoms with Crippen LogP contribution in [-0.4, -0.2) is 58.3 Å². The number of nitrogens with zero attached hydrogens (tertiary/aromatic N) is 2. The summed E-state index contributed by atoms with van der Waals surface area (Å²) in [5.74, 6) is 0.722. The lowest BCUT2D eigenvalue weighted by Gasteiger charge is -2.38. The first kappa shape index (κ1) is 34.9. The summed E-state index contributed by atoms with van der Waals surface area (Å²) in [6.45, 7) is 3.08. The zero-order valence-corrected chi connectivity index (χ0v) is 29.7. The molecule has 0 fully saturated rings. The topological polar surface area (TPSA) is 124 Å². The first-order valence-corrected chi connectivity index (χ1v) is 17.7. The molecule has 0 radical (unpaired) electrons. The second kappa shape index (κ2) is 15.4. The maximum absolute atomic E-state index is 13.6. The van der Waals surface area contributed by atoms with E-state index in [-0.39, 0.29) is 12.1 Å². The van der Waals surface area contributed by atoms with Gasteiger partial charge in [0.1, 0.15) is 11.5 Å². The molecule has 5 aromatic rings. The van der Waals surface area contributed by atoms with Crippen molar-refractivity contribution in [3.63, 3.8) is 0 Å². The molecule has 4 N–H and O–H groups in total. The highest BCUT2D eigenvalue weighted by Crippen LogP contribution is 2.57. The predicted molar refractivity (Wildman–Crippen MR) is 205 cm³/mol. The van der Waals surface area contributed by atoms with Crippen molar-refractivity contribution in [2.75, 3.05) is 50.1 Å². The van der Waals surface area contributed by atoms with Gasteiger partial charge in [-0.3, -0.25) is 0 Å². The third-order valence-corrected chi connectivity index (χ3v) is 9.63. The number of anilines is 2. The first-order valence-electron chi connectivity index (χ1n) is 17.7. The number of nitrogens with one attached hydrogen (secondary N) is 4. The Balaban J connectivity index is 1.30. The highest BCUT2D eigenvalue weighted by molar-refractivity contribution is 5.97. The molecular weight excluding hydrogens is 668 g/mol. The summed E-state index contributed by atoms with van der Waals surface area (Å²) in [6.07, 6.45) is 0. The van der Waals surface area contributed by atoms with Crippen LogP contribution in [0.2, 0.25) is 0 Å². The van der Waals surface area contributed by atoms with Crippen LogP contribution < -0.4 is 35.8 Å². The van der Waals surface area contributed by atoms with Gasteiger partial charge in [-0.2, -0.15) is 0 Å². The van der Waals surface area contributed by atoms with Crippen molar-refractivity contribution in [2.45, 2.75) is 18.7 Å². The number of hydrogen-bond acceptors (Lipinski definition) is 7. The van der Waals surface area contributed by atoms with Crippen LogP contribution in [0.3, 0.4) is 0 Å². The Hall–Kier alpha value is -6.49. The van der Waals surface area contributed by atoms with Gasteiger partial charge >= 0.3 is 18.0 Å². The van der Waals surface area contributed by atoms with Crippen LogP contribution in [0.5, 0.6) is 11.5 Å². The summed E-state index contributed by atoms with van der Waals surface area (Å²) in [5, 5.41) is 11.0. The third kappa shape index (κ3) is 7.18. The van der Waals surface area contributed by atoms with E-state index < -0.39 is 11.6 Å². The van der Waals surface area contributed by atoms with E-state index in [4.69, 9.17) is 9.47 Å². The summed E-state index contributed by atoms with van der Waals surface area (Å²) in [7, 11) is 3.18. The number of carbonyl (C=O) groups is 3. The minimum absolute atomic E-state index is 0.250. The Morgan fingerprint density at radius 2 is 1.08 bits per heavy atom. The molecule has 270 valence electrons. The van der Waals surface area contributed by atoms with Gasteiger partial charge in [-0.05, 0) is 41.5 Å². The molecule has 11 heteroatoms. The van der Waals surface area contributed by atoms with E-state index in [2.05, 4.69) is 55.3 Å². The molecule has 2 aliphatic rings. The number of ether oxygens (including phenoxy) is 2. The molecule has 2 heterocycles. The zero-order chi connectivity index (χ0) is 36.8. The highest BCUT2D eigenvalue weighted by atomic mass is 16.6. The summed E-state index contributed by atoms with van der Waals surface area (Å²) < 4.78 is 13.3. The van der Waals surface area contributed by atoms with Crippen molar-refractivity contribution in [3.8, 4) is 11.5 Å². The molecule has 0 atom stereocenters. The number of rotatable bonds is 12. The molecule has 7 rings (SSSR count). The molecule has 1 spiro atoms. The molecule has 2 aliphatic heterocycles. The molecule has 0 aliphatic carbocycles. The fourth-order valence-corrected chi connectivity index (χ4v) is 7.04. The fourth-order valence-electron chi connectivity index (χ4n) is 7.04. The Labute approximate surface area is 308 Å². The molecule has 4 amide bonds. The van der Waals surface area contributed by atoms with E-state index in [1.165, 1.54) is 0 Å². The van der Waals surface area contributed by atoms with Crippen LogP contribution >= 0.6 is 0 Å². The van der Waals surface area contributed by atoms with Crippen molar-refractivity contribution in [3.05, 3.63) is 155 Å². The van der Waals surface area contributed by atoms with Gasteiger partial charge in [-0.1, -0.05) is 78.9 Å². The first-order chi connectivity index (χ1) is 25.9. The molecule has 0 saturated carbocycles. The number of urea groups is 2. The van der Waals surface area contributed by atoms with E-state index in [9.17, 15) is 14.4 Å². The Morgan fingerprint density at radius 1 is 0.604 bits per heavy atom. The van der Waals surface area contributed by atoms with Gasteiger partial charge in [0.15, 0.2) is 5.60 Å². The van der Waals surface area contributed by atoms with E-state index in [0.29, 0.717) is 56.3 Å². The average Bonchev–Trinajstić information content (AvgIpc) is 3.49. The van der Waals surface area contributed by atoms with Gasteiger partial charge < -0.3 is 40.5 Å². The van der Waals surface area contributed by atoms with Crippen molar-refractivity contribution in [1.82, 2.24) is 21.3 Å². The molecular formula is C42H42N6O5. The van der Waals surface area contributed by atoms with Gasteiger partial charge in [0.05, 0.1) is 5.56 Å². The van der Waals surface area contributed by atoms with Crippen molar-refractivity contribution in [1.29, 1.82) is 0 Å². The van der Waals surface area contributed by atoms with E-state index in [1.807, 2.05) is 91.0 Å². The maximum atomic E-state index is 13.6. The van der Waals surface area contributed by atoms with Crippen molar-refractivity contribution < 1.29 is 23.9 Å². The molecule has 11 nitrogen and oxygen atoms in total. The number of benzene rings is 5. The molecule has 5 aromatic carbocycles. The third-order valence-electron chi connectivity index (χ3n) is 9.63. The standard InChI is InChI=1S/C42H42N6O5/c1-43-40(50)45-21-23-47(27-29-11-5-3-6-12-29)31-17-19-35-37(25-31)52-38-26-32(48(24-22-46-41(51)44-2)28-30-13-7-4-8-14-30)18-20-36(38)42(35)34-16-10-9-15-33(34)39(49)53-42/h3-20,25-26H,21-24,27-28H2,1-2H3,(H2,43,45,50)(H2,44,46,51). The Bertz CT molecular complexity index is 1990. The summed E-state index contributed by atoms with van der Waals surface area (Å²) >= 11 is 0. The van der Waals surface area contributed by atoms with Crippen LogP contribution in [0.25, 0.3) is 0 Å². The summed E-state index contributed by atoms with van der Waals surface area (Å²) in [5.41, 5.74) is 5.46. The lowest BCUT2D eigenvalue weighted by molar-refractivity contribution is 0.0224. The maximum Gasteiger partial charge on any atom is 0.340 e. The van der Waals surface area contributed by atoms with Gasteiger partial charge in [0.2, 0.25) is 0 Å². The predicted octanol–water partition coefficient (Wildman–Crippen LogP) is 6.13. The van der Waals surface area contributed by atoms with Gasteiger partial charge in [0.25, 0.3) is 0 Å². The van der Waals surface area contributed by atoms with E-state index in [0.717, 1.165) is 39.2 Å². The lowest BCUT2D eigenvalue weighted by Crippen LogP contribution is -2.39. The van der Waals surface area contributed by atoms with Crippen LogP contribution in [-0.2, 0) is 23.4 Å². The number of esters is 1. The number of carbonyl (C=O) groups excluding carboxylic acids is 3. The Kier molecular flexibility index (Phi) is 10.2. The normalized spacial score (nSPS) is 13.1. The van der Waals surface area contributed by atoms with Crippen LogP contribution in [0, 0.1) is 0 Å². The van der Waals surface area contributed by atoms with E-state index in [1.54, 1.807) is 20.2 Å².